The minimum absolute atomic E-state index is 0.505. The number of hydrogen-bond acceptors (Lipinski definition) is 5. The Hall–Kier alpha value is -3.18. The van der Waals surface area contributed by atoms with E-state index in [2.05, 4.69) is 17.4 Å². The van der Waals surface area contributed by atoms with Crippen LogP contribution in [0.1, 0.15) is 5.56 Å². The maximum atomic E-state index is 5.73. The van der Waals surface area contributed by atoms with Crippen LogP contribution in [0.25, 0.3) is 0 Å². The number of rotatable bonds is 12. The number of benzene rings is 3. The quantitative estimate of drug-likeness (QED) is 0.449. The molecule has 0 fully saturated rings. The van der Waals surface area contributed by atoms with Crippen molar-refractivity contribution in [3.05, 3.63) is 84.4 Å². The van der Waals surface area contributed by atoms with Crippen LogP contribution in [0.5, 0.6) is 17.2 Å². The number of para-hydroxylation sites is 1. The van der Waals surface area contributed by atoms with Crippen molar-refractivity contribution in [2.24, 2.45) is 0 Å². The first-order valence-electron chi connectivity index (χ1n) is 9.69. The molecule has 0 heterocycles. The summed E-state index contributed by atoms with van der Waals surface area (Å²) in [6.45, 7) is 2.89. The number of methoxy groups -OCH3 is 1. The van der Waals surface area contributed by atoms with E-state index in [9.17, 15) is 0 Å². The Morgan fingerprint density at radius 3 is 1.69 bits per heavy atom. The van der Waals surface area contributed by atoms with Crippen LogP contribution in [0, 0.1) is 0 Å². The van der Waals surface area contributed by atoms with Gasteiger partial charge in [-0.1, -0.05) is 30.3 Å². The molecule has 0 aliphatic carbocycles. The lowest BCUT2D eigenvalue weighted by atomic mass is 10.2. The Morgan fingerprint density at radius 1 is 0.586 bits per heavy atom. The third kappa shape index (κ3) is 7.39. The molecule has 0 aliphatic rings. The zero-order valence-electron chi connectivity index (χ0n) is 16.7. The topological polar surface area (TPSA) is 49.0 Å². The van der Waals surface area contributed by atoms with Gasteiger partial charge in [0.25, 0.3) is 0 Å². The average molecular weight is 393 g/mol. The molecule has 0 bridgehead atoms. The molecule has 0 saturated carbocycles. The van der Waals surface area contributed by atoms with E-state index < -0.39 is 0 Å². The third-order valence-electron chi connectivity index (χ3n) is 4.19. The van der Waals surface area contributed by atoms with E-state index in [0.717, 1.165) is 29.5 Å². The van der Waals surface area contributed by atoms with Crippen LogP contribution < -0.4 is 19.5 Å². The van der Waals surface area contributed by atoms with Gasteiger partial charge in [0.2, 0.25) is 0 Å². The summed E-state index contributed by atoms with van der Waals surface area (Å²) in [4.78, 5) is 0. The van der Waals surface area contributed by atoms with E-state index in [-0.39, 0.29) is 0 Å². The molecule has 0 radical (unpaired) electrons. The lowest BCUT2D eigenvalue weighted by Crippen LogP contribution is -2.09. The number of nitrogens with one attached hydrogen (secondary N) is 1. The van der Waals surface area contributed by atoms with Gasteiger partial charge in [-0.25, -0.2) is 0 Å². The molecule has 0 aromatic heterocycles. The highest BCUT2D eigenvalue weighted by Crippen LogP contribution is 2.18. The van der Waals surface area contributed by atoms with Crippen LogP contribution in [-0.4, -0.2) is 33.5 Å². The molecule has 0 unspecified atom stereocenters. The lowest BCUT2D eigenvalue weighted by molar-refractivity contribution is 0.146. The van der Waals surface area contributed by atoms with Gasteiger partial charge in [0.1, 0.15) is 37.1 Å². The summed E-state index contributed by atoms with van der Waals surface area (Å²) in [5.74, 6) is 2.53. The standard InChI is InChI=1S/C24H27NO4/c1-26-15-16-27-24-13-9-21(10-14-24)25-19-20-7-11-23(12-8-20)29-18-17-28-22-5-3-2-4-6-22/h2-14,25H,15-19H2,1H3. The molecule has 5 nitrogen and oxygen atoms in total. The molecular formula is C24H27NO4. The van der Waals surface area contributed by atoms with Crippen molar-refractivity contribution in [2.45, 2.75) is 6.54 Å². The van der Waals surface area contributed by atoms with Gasteiger partial charge in [0, 0.05) is 19.3 Å². The first-order valence-corrected chi connectivity index (χ1v) is 9.69. The maximum absolute atomic E-state index is 5.73. The summed E-state index contributed by atoms with van der Waals surface area (Å²) >= 11 is 0. The van der Waals surface area contributed by atoms with Crippen LogP contribution in [0.15, 0.2) is 78.9 Å². The van der Waals surface area contributed by atoms with Gasteiger partial charge in [0.15, 0.2) is 0 Å². The van der Waals surface area contributed by atoms with E-state index in [1.807, 2.05) is 66.7 Å². The van der Waals surface area contributed by atoms with Crippen LogP contribution >= 0.6 is 0 Å². The van der Waals surface area contributed by atoms with E-state index in [1.54, 1.807) is 7.11 Å². The van der Waals surface area contributed by atoms with Crippen LogP contribution in [-0.2, 0) is 11.3 Å². The highest BCUT2D eigenvalue weighted by atomic mass is 16.5. The molecule has 0 aliphatic heterocycles. The van der Waals surface area contributed by atoms with Crippen molar-refractivity contribution in [2.75, 3.05) is 38.9 Å². The Morgan fingerprint density at radius 2 is 1.10 bits per heavy atom. The van der Waals surface area contributed by atoms with E-state index in [0.29, 0.717) is 26.4 Å². The Bertz CT molecular complexity index is 820. The molecule has 0 atom stereocenters. The Kier molecular flexibility index (Phi) is 8.23. The molecule has 1 N–H and O–H groups in total. The lowest BCUT2D eigenvalue weighted by Gasteiger charge is -2.10. The van der Waals surface area contributed by atoms with Crippen molar-refractivity contribution in [3.63, 3.8) is 0 Å². The van der Waals surface area contributed by atoms with Gasteiger partial charge in [-0.15, -0.1) is 0 Å². The highest BCUT2D eigenvalue weighted by molar-refractivity contribution is 5.47. The predicted octanol–water partition coefficient (Wildman–Crippen LogP) is 4.78. The monoisotopic (exact) mass is 393 g/mol. The smallest absolute Gasteiger partial charge is 0.122 e. The average Bonchev–Trinajstić information content (AvgIpc) is 2.78. The van der Waals surface area contributed by atoms with Gasteiger partial charge in [0.05, 0.1) is 6.61 Å². The molecule has 3 aromatic carbocycles. The fourth-order valence-electron chi connectivity index (χ4n) is 2.66. The van der Waals surface area contributed by atoms with Crippen LogP contribution in [0.2, 0.25) is 0 Å². The van der Waals surface area contributed by atoms with E-state index in [1.165, 1.54) is 5.56 Å². The number of hydrogen-bond donors (Lipinski definition) is 1. The van der Waals surface area contributed by atoms with Gasteiger partial charge >= 0.3 is 0 Å². The highest BCUT2D eigenvalue weighted by Gasteiger charge is 1.99. The van der Waals surface area contributed by atoms with Gasteiger partial charge < -0.3 is 24.3 Å². The fraction of sp³-hybridized carbons (Fsp3) is 0.250. The van der Waals surface area contributed by atoms with Crippen LogP contribution in [0.4, 0.5) is 5.69 Å². The van der Waals surface area contributed by atoms with Crippen molar-refractivity contribution in [3.8, 4) is 17.2 Å². The molecular weight excluding hydrogens is 366 g/mol. The zero-order chi connectivity index (χ0) is 20.2. The van der Waals surface area contributed by atoms with Gasteiger partial charge in [-0.3, -0.25) is 0 Å². The second-order valence-corrected chi connectivity index (χ2v) is 6.37. The molecule has 0 spiro atoms. The molecule has 5 heteroatoms. The van der Waals surface area contributed by atoms with E-state index >= 15 is 0 Å². The van der Waals surface area contributed by atoms with Crippen molar-refractivity contribution in [1.82, 2.24) is 0 Å². The second-order valence-electron chi connectivity index (χ2n) is 6.37. The van der Waals surface area contributed by atoms with Crippen molar-refractivity contribution < 1.29 is 18.9 Å². The Labute approximate surface area is 172 Å². The summed E-state index contributed by atoms with van der Waals surface area (Å²) in [7, 11) is 1.66. The maximum Gasteiger partial charge on any atom is 0.122 e. The zero-order valence-corrected chi connectivity index (χ0v) is 16.7. The predicted molar refractivity (Wildman–Crippen MR) is 115 cm³/mol. The van der Waals surface area contributed by atoms with Crippen molar-refractivity contribution in [1.29, 1.82) is 0 Å². The first kappa shape index (κ1) is 20.6. The fourth-order valence-corrected chi connectivity index (χ4v) is 2.66. The summed E-state index contributed by atoms with van der Waals surface area (Å²) in [6.07, 6.45) is 0. The first-order chi connectivity index (χ1) is 14.3. The van der Waals surface area contributed by atoms with Crippen molar-refractivity contribution >= 4 is 5.69 Å². The number of anilines is 1. The van der Waals surface area contributed by atoms with Gasteiger partial charge in [-0.05, 0) is 54.1 Å². The minimum atomic E-state index is 0.505. The molecule has 29 heavy (non-hydrogen) atoms. The van der Waals surface area contributed by atoms with Crippen LogP contribution in [0.3, 0.4) is 0 Å². The summed E-state index contributed by atoms with van der Waals surface area (Å²) in [6, 6.07) is 25.7. The third-order valence-corrected chi connectivity index (χ3v) is 4.19. The second kappa shape index (κ2) is 11.6. The molecule has 152 valence electrons. The SMILES string of the molecule is COCCOc1ccc(NCc2ccc(OCCOc3ccccc3)cc2)cc1. The molecule has 3 rings (SSSR count). The molecule has 0 amide bonds. The van der Waals surface area contributed by atoms with E-state index in [4.69, 9.17) is 18.9 Å². The normalized spacial score (nSPS) is 10.4. The summed E-state index contributed by atoms with van der Waals surface area (Å²) in [5.41, 5.74) is 2.22. The summed E-state index contributed by atoms with van der Waals surface area (Å²) in [5, 5.41) is 3.40. The Balaban J connectivity index is 1.36. The number of ether oxygens (including phenoxy) is 4. The molecule has 0 saturated heterocycles. The minimum Gasteiger partial charge on any atom is -0.491 e. The molecule has 3 aromatic rings. The largest absolute Gasteiger partial charge is 0.491 e. The summed E-state index contributed by atoms with van der Waals surface area (Å²) < 4.78 is 21.9. The van der Waals surface area contributed by atoms with Gasteiger partial charge in [-0.2, -0.15) is 0 Å².